The molecule has 5 rings (SSSR count). The highest BCUT2D eigenvalue weighted by molar-refractivity contribution is 5.92. The number of benzene rings is 2. The van der Waals surface area contributed by atoms with Gasteiger partial charge in [0, 0.05) is 25.6 Å². The van der Waals surface area contributed by atoms with Crippen LogP contribution in [0, 0.1) is 13.8 Å². The van der Waals surface area contributed by atoms with Crippen molar-refractivity contribution < 1.29 is 19.0 Å². The summed E-state index contributed by atoms with van der Waals surface area (Å²) in [7, 11) is 1.80. The van der Waals surface area contributed by atoms with Gasteiger partial charge >= 0.3 is 0 Å². The molecule has 1 amide bonds. The molecule has 1 fully saturated rings. The van der Waals surface area contributed by atoms with E-state index in [-0.39, 0.29) is 12.0 Å². The number of aromatic nitrogens is 2. The molecule has 7 heteroatoms. The molecule has 0 aliphatic carbocycles. The minimum atomic E-state index is -0.0532. The second-order valence-electron chi connectivity index (χ2n) is 8.75. The molecule has 1 aromatic heterocycles. The summed E-state index contributed by atoms with van der Waals surface area (Å²) in [6, 6.07) is 14.3. The predicted octanol–water partition coefficient (Wildman–Crippen LogP) is 3.91. The fourth-order valence-corrected chi connectivity index (χ4v) is 4.56. The second-order valence-corrected chi connectivity index (χ2v) is 8.75. The molecule has 2 aromatic carbocycles. The lowest BCUT2D eigenvalue weighted by Crippen LogP contribution is -2.33. The Bertz CT molecular complexity index is 1180. The third-order valence-corrected chi connectivity index (χ3v) is 6.25. The van der Waals surface area contributed by atoms with Crippen molar-refractivity contribution in [2.24, 2.45) is 7.05 Å². The molecule has 3 aromatic rings. The van der Waals surface area contributed by atoms with E-state index in [4.69, 9.17) is 14.2 Å². The highest BCUT2D eigenvalue weighted by Crippen LogP contribution is 2.40. The van der Waals surface area contributed by atoms with Crippen molar-refractivity contribution in [3.05, 3.63) is 65.0 Å². The molecular formula is C26H29N3O4. The Morgan fingerprint density at radius 1 is 1.15 bits per heavy atom. The van der Waals surface area contributed by atoms with Gasteiger partial charge in [-0.1, -0.05) is 24.3 Å². The van der Waals surface area contributed by atoms with Crippen LogP contribution < -0.4 is 9.47 Å². The van der Waals surface area contributed by atoms with Gasteiger partial charge in [-0.2, -0.15) is 5.10 Å². The number of rotatable bonds is 4. The number of hydrogen-bond donors (Lipinski definition) is 0. The summed E-state index contributed by atoms with van der Waals surface area (Å²) in [5.41, 5.74) is 5.70. The van der Waals surface area contributed by atoms with Gasteiger partial charge in [0.05, 0.1) is 25.5 Å². The van der Waals surface area contributed by atoms with Crippen molar-refractivity contribution in [2.45, 2.75) is 32.9 Å². The Balaban J connectivity index is 1.54. The quantitative estimate of drug-likeness (QED) is 0.607. The van der Waals surface area contributed by atoms with E-state index >= 15 is 0 Å². The molecule has 0 N–H and O–H groups in total. The number of nitrogens with zero attached hydrogens (tertiary/aromatic N) is 3. The minimum Gasteiger partial charge on any atom is -0.487 e. The van der Waals surface area contributed by atoms with E-state index in [2.05, 4.69) is 36.3 Å². The summed E-state index contributed by atoms with van der Waals surface area (Å²) in [4.78, 5) is 15.2. The first-order valence-corrected chi connectivity index (χ1v) is 11.4. The van der Waals surface area contributed by atoms with Crippen LogP contribution in [0.3, 0.4) is 0 Å². The number of amides is 1. The summed E-state index contributed by atoms with van der Waals surface area (Å²) < 4.78 is 19.7. The van der Waals surface area contributed by atoms with Crippen LogP contribution in [0.2, 0.25) is 0 Å². The average Bonchev–Trinajstić information content (AvgIpc) is 3.36. The van der Waals surface area contributed by atoms with Gasteiger partial charge in [-0.3, -0.25) is 9.48 Å². The Kier molecular flexibility index (Phi) is 5.81. The molecule has 1 saturated heterocycles. The molecule has 3 heterocycles. The molecule has 0 unspecified atom stereocenters. The maximum Gasteiger partial charge on any atom is 0.272 e. The van der Waals surface area contributed by atoms with Gasteiger partial charge in [0.1, 0.15) is 18.4 Å². The molecule has 1 atom stereocenters. The molecule has 2 aliphatic rings. The fraction of sp³-hybridized carbons (Fsp3) is 0.385. The number of ether oxygens (including phenoxy) is 3. The Morgan fingerprint density at radius 2 is 2.00 bits per heavy atom. The van der Waals surface area contributed by atoms with Gasteiger partial charge in [-0.05, 0) is 48.7 Å². The molecule has 0 bridgehead atoms. The van der Waals surface area contributed by atoms with Gasteiger partial charge in [0.2, 0.25) is 0 Å². The lowest BCUT2D eigenvalue weighted by Gasteiger charge is -2.21. The van der Waals surface area contributed by atoms with Crippen molar-refractivity contribution in [3.63, 3.8) is 0 Å². The molecule has 172 valence electrons. The maximum atomic E-state index is 13.3. The summed E-state index contributed by atoms with van der Waals surface area (Å²) in [6.07, 6.45) is 0.858. The molecular weight excluding hydrogens is 418 g/mol. The van der Waals surface area contributed by atoms with Crippen LogP contribution in [-0.2, 0) is 18.3 Å². The fourth-order valence-electron chi connectivity index (χ4n) is 4.56. The van der Waals surface area contributed by atoms with Crippen LogP contribution in [-0.4, -0.2) is 53.1 Å². The molecule has 0 spiro atoms. The minimum absolute atomic E-state index is 0.00299. The molecule has 33 heavy (non-hydrogen) atoms. The molecule has 2 aliphatic heterocycles. The predicted molar refractivity (Wildman–Crippen MR) is 125 cm³/mol. The van der Waals surface area contributed by atoms with Crippen LogP contribution in [0.5, 0.6) is 11.5 Å². The van der Waals surface area contributed by atoms with Gasteiger partial charge in [0.15, 0.2) is 11.5 Å². The highest BCUT2D eigenvalue weighted by Gasteiger charge is 2.28. The van der Waals surface area contributed by atoms with Gasteiger partial charge < -0.3 is 19.1 Å². The first-order chi connectivity index (χ1) is 16.0. The normalized spacial score (nSPS) is 17.9. The summed E-state index contributed by atoms with van der Waals surface area (Å²) >= 11 is 0. The molecule has 7 nitrogen and oxygen atoms in total. The third kappa shape index (κ3) is 4.33. The summed E-state index contributed by atoms with van der Waals surface area (Å²) in [5, 5.41) is 4.34. The third-order valence-electron chi connectivity index (χ3n) is 6.25. The van der Waals surface area contributed by atoms with Gasteiger partial charge in [-0.25, -0.2) is 0 Å². The number of carbonyl (C=O) groups excluding carboxylic acids is 1. The average molecular weight is 448 g/mol. The zero-order valence-electron chi connectivity index (χ0n) is 19.3. The standard InChI is InChI=1S/C26H29N3O4/c1-17-6-4-5-7-22(17)19-13-20-15-29(26(30)23-12-18(2)27-28(23)3)9-11-32-25(20)24(14-19)33-21-8-10-31-16-21/h4-7,12-14,21H,8-11,15-16H2,1-3H3/t21-/m0/s1. The van der Waals surface area contributed by atoms with E-state index in [1.54, 1.807) is 11.7 Å². The smallest absolute Gasteiger partial charge is 0.272 e. The van der Waals surface area contributed by atoms with Crippen LogP contribution >= 0.6 is 0 Å². The molecule has 0 saturated carbocycles. The Labute approximate surface area is 193 Å². The van der Waals surface area contributed by atoms with Crippen molar-refractivity contribution in [1.82, 2.24) is 14.7 Å². The van der Waals surface area contributed by atoms with Gasteiger partial charge in [0.25, 0.3) is 5.91 Å². The number of aryl methyl sites for hydroxylation is 3. The molecule has 0 radical (unpaired) electrons. The first-order valence-electron chi connectivity index (χ1n) is 11.4. The van der Waals surface area contributed by atoms with Crippen LogP contribution in [0.1, 0.15) is 33.7 Å². The van der Waals surface area contributed by atoms with E-state index in [1.807, 2.05) is 30.0 Å². The highest BCUT2D eigenvalue weighted by atomic mass is 16.6. The van der Waals surface area contributed by atoms with E-state index in [0.717, 1.165) is 34.6 Å². The lowest BCUT2D eigenvalue weighted by atomic mass is 9.97. The van der Waals surface area contributed by atoms with Crippen molar-refractivity contribution in [2.75, 3.05) is 26.4 Å². The topological polar surface area (TPSA) is 65.8 Å². The van der Waals surface area contributed by atoms with Crippen LogP contribution in [0.4, 0.5) is 0 Å². The van der Waals surface area contributed by atoms with E-state index in [0.29, 0.717) is 44.4 Å². The first kappa shape index (κ1) is 21.5. The monoisotopic (exact) mass is 447 g/mol. The number of carbonyl (C=O) groups is 1. The van der Waals surface area contributed by atoms with E-state index in [1.165, 1.54) is 5.56 Å². The summed E-state index contributed by atoms with van der Waals surface area (Å²) in [5.74, 6) is 1.38. The van der Waals surface area contributed by atoms with Gasteiger partial charge in [-0.15, -0.1) is 0 Å². The van der Waals surface area contributed by atoms with E-state index < -0.39 is 0 Å². The maximum absolute atomic E-state index is 13.3. The van der Waals surface area contributed by atoms with E-state index in [9.17, 15) is 4.79 Å². The summed E-state index contributed by atoms with van der Waals surface area (Å²) in [6.45, 7) is 6.60. The van der Waals surface area contributed by atoms with Crippen LogP contribution in [0.25, 0.3) is 11.1 Å². The number of hydrogen-bond acceptors (Lipinski definition) is 5. The zero-order valence-corrected chi connectivity index (χ0v) is 19.3. The van der Waals surface area contributed by atoms with Crippen molar-refractivity contribution >= 4 is 5.91 Å². The Morgan fingerprint density at radius 3 is 2.73 bits per heavy atom. The number of fused-ring (bicyclic) bond motifs is 1. The second kappa shape index (κ2) is 8.90. The van der Waals surface area contributed by atoms with Crippen LogP contribution in [0.15, 0.2) is 42.5 Å². The largest absolute Gasteiger partial charge is 0.487 e. The van der Waals surface area contributed by atoms with Crippen molar-refractivity contribution in [3.8, 4) is 22.6 Å². The van der Waals surface area contributed by atoms with Crippen molar-refractivity contribution in [1.29, 1.82) is 0 Å². The Hall–Kier alpha value is -3.32. The SMILES string of the molecule is Cc1cc(C(=O)N2CCOc3c(cc(-c4ccccc4C)cc3O[C@H]3CCOC3)C2)n(C)n1. The lowest BCUT2D eigenvalue weighted by molar-refractivity contribution is 0.0721. The zero-order chi connectivity index (χ0) is 22.9.